The van der Waals surface area contributed by atoms with Crippen LogP contribution >= 0.6 is 27.3 Å². The molecule has 0 saturated heterocycles. The Kier molecular flexibility index (Phi) is 4.30. The van der Waals surface area contributed by atoms with Crippen LogP contribution in [0.4, 0.5) is 0 Å². The monoisotopic (exact) mass is 348 g/mol. The van der Waals surface area contributed by atoms with E-state index in [1.54, 1.807) is 11.3 Å². The van der Waals surface area contributed by atoms with Crippen molar-refractivity contribution in [1.29, 1.82) is 0 Å². The van der Waals surface area contributed by atoms with Gasteiger partial charge >= 0.3 is 0 Å². The largest absolute Gasteiger partial charge is 0.453 e. The molecule has 0 amide bonds. The maximum absolute atomic E-state index is 5.52. The minimum atomic E-state index is 0.0834. The highest BCUT2D eigenvalue weighted by atomic mass is 79.9. The van der Waals surface area contributed by atoms with Crippen LogP contribution in [-0.2, 0) is 6.54 Å². The van der Waals surface area contributed by atoms with Gasteiger partial charge in [0, 0.05) is 11.6 Å². The van der Waals surface area contributed by atoms with Crippen LogP contribution in [0.5, 0.6) is 0 Å². The van der Waals surface area contributed by atoms with Gasteiger partial charge in [-0.2, -0.15) is 0 Å². The summed E-state index contributed by atoms with van der Waals surface area (Å²) in [4.78, 5) is 4.43. The number of furan rings is 1. The second kappa shape index (κ2) is 6.35. The van der Waals surface area contributed by atoms with Gasteiger partial charge in [0.1, 0.15) is 10.8 Å². The molecule has 0 saturated carbocycles. The Balaban J connectivity index is 1.80. The summed E-state index contributed by atoms with van der Waals surface area (Å²) in [6, 6.07) is 14.3. The van der Waals surface area contributed by atoms with Gasteiger partial charge in [-0.15, -0.1) is 11.3 Å². The molecule has 20 heavy (non-hydrogen) atoms. The van der Waals surface area contributed by atoms with E-state index in [-0.39, 0.29) is 6.04 Å². The zero-order valence-corrected chi connectivity index (χ0v) is 13.0. The Hall–Kier alpha value is -1.43. The smallest absolute Gasteiger partial charge is 0.169 e. The Morgan fingerprint density at radius 3 is 2.70 bits per heavy atom. The summed E-state index contributed by atoms with van der Waals surface area (Å²) in [5, 5.41) is 6.56. The SMILES string of the molecule is Brc1ccc(CN[C@@H](c2ccccc2)c2nccs2)o1. The van der Waals surface area contributed by atoms with E-state index in [9.17, 15) is 0 Å². The number of benzene rings is 1. The summed E-state index contributed by atoms with van der Waals surface area (Å²) in [6.07, 6.45) is 1.83. The van der Waals surface area contributed by atoms with Crippen molar-refractivity contribution in [3.8, 4) is 0 Å². The van der Waals surface area contributed by atoms with Crippen LogP contribution in [0.15, 0.2) is 63.1 Å². The molecule has 2 aromatic heterocycles. The van der Waals surface area contributed by atoms with Gasteiger partial charge in [0.05, 0.1) is 12.6 Å². The molecule has 0 spiro atoms. The molecule has 0 fully saturated rings. The number of nitrogens with zero attached hydrogens (tertiary/aromatic N) is 1. The van der Waals surface area contributed by atoms with Crippen LogP contribution in [-0.4, -0.2) is 4.98 Å². The van der Waals surface area contributed by atoms with Gasteiger partial charge in [-0.1, -0.05) is 30.3 Å². The maximum atomic E-state index is 5.52. The Morgan fingerprint density at radius 2 is 2.05 bits per heavy atom. The number of aromatic nitrogens is 1. The van der Waals surface area contributed by atoms with Crippen molar-refractivity contribution in [3.63, 3.8) is 0 Å². The highest BCUT2D eigenvalue weighted by Crippen LogP contribution is 2.24. The van der Waals surface area contributed by atoms with Gasteiger partial charge in [-0.3, -0.25) is 5.32 Å². The lowest BCUT2D eigenvalue weighted by atomic mass is 10.1. The fraction of sp³-hybridized carbons (Fsp3) is 0.133. The van der Waals surface area contributed by atoms with E-state index < -0.39 is 0 Å². The van der Waals surface area contributed by atoms with Crippen molar-refractivity contribution in [2.75, 3.05) is 0 Å². The molecule has 3 nitrogen and oxygen atoms in total. The van der Waals surface area contributed by atoms with E-state index in [1.165, 1.54) is 5.56 Å². The molecule has 1 atom stereocenters. The normalized spacial score (nSPS) is 12.4. The van der Waals surface area contributed by atoms with Gasteiger partial charge in [0.15, 0.2) is 4.67 Å². The molecule has 3 aromatic rings. The predicted molar refractivity (Wildman–Crippen MR) is 83.6 cm³/mol. The Bertz CT molecular complexity index is 652. The van der Waals surface area contributed by atoms with E-state index >= 15 is 0 Å². The molecule has 0 unspecified atom stereocenters. The summed E-state index contributed by atoms with van der Waals surface area (Å²) < 4.78 is 6.27. The minimum Gasteiger partial charge on any atom is -0.453 e. The molecule has 1 aromatic carbocycles. The van der Waals surface area contributed by atoms with Gasteiger partial charge in [-0.05, 0) is 33.6 Å². The number of halogens is 1. The third kappa shape index (κ3) is 3.17. The first kappa shape index (κ1) is 13.5. The van der Waals surface area contributed by atoms with Gasteiger partial charge in [-0.25, -0.2) is 4.98 Å². The van der Waals surface area contributed by atoms with Crippen molar-refractivity contribution in [3.05, 3.63) is 75.0 Å². The van der Waals surface area contributed by atoms with E-state index in [4.69, 9.17) is 4.42 Å². The van der Waals surface area contributed by atoms with E-state index in [0.29, 0.717) is 6.54 Å². The summed E-state index contributed by atoms with van der Waals surface area (Å²) in [5.74, 6) is 0.898. The number of rotatable bonds is 5. The fourth-order valence-electron chi connectivity index (χ4n) is 2.02. The summed E-state index contributed by atoms with van der Waals surface area (Å²) in [7, 11) is 0. The predicted octanol–water partition coefficient (Wildman–Crippen LogP) is 4.38. The van der Waals surface area contributed by atoms with Gasteiger partial charge in [0.25, 0.3) is 0 Å². The van der Waals surface area contributed by atoms with Crippen molar-refractivity contribution >= 4 is 27.3 Å². The first-order chi connectivity index (χ1) is 9.83. The Labute approximate surface area is 129 Å². The van der Waals surface area contributed by atoms with Crippen molar-refractivity contribution < 1.29 is 4.42 Å². The minimum absolute atomic E-state index is 0.0834. The molecule has 0 aliphatic rings. The van der Waals surface area contributed by atoms with E-state index in [1.807, 2.05) is 41.9 Å². The topological polar surface area (TPSA) is 38.1 Å². The molecule has 0 radical (unpaired) electrons. The number of hydrogen-bond donors (Lipinski definition) is 1. The lowest BCUT2D eigenvalue weighted by Crippen LogP contribution is -2.21. The highest BCUT2D eigenvalue weighted by molar-refractivity contribution is 9.10. The lowest BCUT2D eigenvalue weighted by Gasteiger charge is -2.16. The van der Waals surface area contributed by atoms with E-state index in [0.717, 1.165) is 15.4 Å². The second-order valence-electron chi connectivity index (χ2n) is 4.30. The van der Waals surface area contributed by atoms with Crippen molar-refractivity contribution in [1.82, 2.24) is 10.3 Å². The van der Waals surface area contributed by atoms with Crippen LogP contribution in [0.25, 0.3) is 0 Å². The number of hydrogen-bond acceptors (Lipinski definition) is 4. The van der Waals surface area contributed by atoms with Crippen LogP contribution < -0.4 is 5.32 Å². The number of thiazole rings is 1. The molecule has 1 N–H and O–H groups in total. The van der Waals surface area contributed by atoms with E-state index in [2.05, 4.69) is 38.4 Å². The number of nitrogens with one attached hydrogen (secondary N) is 1. The fourth-order valence-corrected chi connectivity index (χ4v) is 3.10. The molecule has 0 bridgehead atoms. The van der Waals surface area contributed by atoms with Crippen molar-refractivity contribution in [2.45, 2.75) is 12.6 Å². The Morgan fingerprint density at radius 1 is 1.20 bits per heavy atom. The average molecular weight is 349 g/mol. The van der Waals surface area contributed by atoms with Crippen LogP contribution in [0.1, 0.15) is 22.4 Å². The second-order valence-corrected chi connectivity index (χ2v) is 6.01. The molecular weight excluding hydrogens is 336 g/mol. The molecule has 2 heterocycles. The zero-order valence-electron chi connectivity index (χ0n) is 10.6. The molecule has 5 heteroatoms. The molecule has 3 rings (SSSR count). The first-order valence-corrected chi connectivity index (χ1v) is 7.92. The zero-order chi connectivity index (χ0) is 13.8. The van der Waals surface area contributed by atoms with Crippen LogP contribution in [0.2, 0.25) is 0 Å². The van der Waals surface area contributed by atoms with Crippen molar-refractivity contribution in [2.24, 2.45) is 0 Å². The average Bonchev–Trinajstić information content (AvgIpc) is 3.12. The summed E-state index contributed by atoms with van der Waals surface area (Å²) in [5.41, 5.74) is 1.20. The third-order valence-corrected chi connectivity index (χ3v) is 4.21. The highest BCUT2D eigenvalue weighted by Gasteiger charge is 2.16. The van der Waals surface area contributed by atoms with Gasteiger partial charge < -0.3 is 4.42 Å². The molecular formula is C15H13BrN2OS. The van der Waals surface area contributed by atoms with Crippen LogP contribution in [0, 0.1) is 0 Å². The molecule has 0 aliphatic carbocycles. The maximum Gasteiger partial charge on any atom is 0.169 e. The summed E-state index contributed by atoms with van der Waals surface area (Å²) >= 11 is 4.97. The summed E-state index contributed by atoms with van der Waals surface area (Å²) in [6.45, 7) is 0.657. The molecule has 102 valence electrons. The standard InChI is InChI=1S/C15H13BrN2OS/c16-13-7-6-12(19-13)10-18-14(15-17-8-9-20-15)11-4-2-1-3-5-11/h1-9,14,18H,10H2/t14-/m0/s1. The van der Waals surface area contributed by atoms with Crippen LogP contribution in [0.3, 0.4) is 0 Å². The first-order valence-electron chi connectivity index (χ1n) is 6.25. The van der Waals surface area contributed by atoms with Gasteiger partial charge in [0.2, 0.25) is 0 Å². The molecule has 0 aliphatic heterocycles. The lowest BCUT2D eigenvalue weighted by molar-refractivity contribution is 0.453. The quantitative estimate of drug-likeness (QED) is 0.743. The third-order valence-electron chi connectivity index (χ3n) is 2.94.